The summed E-state index contributed by atoms with van der Waals surface area (Å²) < 4.78 is 13.4. The van der Waals surface area contributed by atoms with Gasteiger partial charge in [-0.2, -0.15) is 0 Å². The smallest absolute Gasteiger partial charge is 0.111 e. The molecule has 6 nitrogen and oxygen atoms in total. The van der Waals surface area contributed by atoms with Crippen molar-refractivity contribution in [2.45, 2.75) is 57.8 Å². The van der Waals surface area contributed by atoms with E-state index in [-0.39, 0.29) is 6.10 Å². The van der Waals surface area contributed by atoms with Crippen LogP contribution in [0.4, 0.5) is 0 Å². The number of aliphatic hydroxyl groups excluding tert-OH is 1. The minimum Gasteiger partial charge on any atom is -0.389 e. The van der Waals surface area contributed by atoms with E-state index in [0.29, 0.717) is 25.7 Å². The molecule has 1 N–H and O–H groups in total. The predicted molar refractivity (Wildman–Crippen MR) is 92.1 cm³/mol. The molecule has 2 aliphatic rings. The molecule has 1 saturated heterocycles. The highest BCUT2D eigenvalue weighted by Crippen LogP contribution is 2.23. The third-order valence-corrected chi connectivity index (χ3v) is 4.99. The van der Waals surface area contributed by atoms with Crippen molar-refractivity contribution in [1.29, 1.82) is 0 Å². The molecule has 1 fully saturated rings. The Kier molecular flexibility index (Phi) is 5.92. The summed E-state index contributed by atoms with van der Waals surface area (Å²) in [5, 5.41) is 10.2. The van der Waals surface area contributed by atoms with Crippen molar-refractivity contribution in [3.8, 4) is 0 Å². The van der Waals surface area contributed by atoms with Crippen LogP contribution in [0, 0.1) is 0 Å². The Labute approximate surface area is 144 Å². The highest BCUT2D eigenvalue weighted by atomic mass is 16.5. The number of aliphatic hydroxyl groups is 1. The van der Waals surface area contributed by atoms with Gasteiger partial charge in [0.15, 0.2) is 0 Å². The lowest BCUT2D eigenvalue weighted by atomic mass is 10.1. The molecular formula is C18H31N3O3. The molecule has 3 rings (SSSR count). The second kappa shape index (κ2) is 7.95. The Morgan fingerprint density at radius 2 is 2.25 bits per heavy atom. The molecule has 0 aliphatic carbocycles. The highest BCUT2D eigenvalue weighted by Gasteiger charge is 2.25. The molecule has 24 heavy (non-hydrogen) atoms. The number of nitrogens with zero attached hydrogens (tertiary/aromatic N) is 3. The lowest BCUT2D eigenvalue weighted by molar-refractivity contribution is -0.0262. The zero-order valence-corrected chi connectivity index (χ0v) is 15.2. The number of imidazole rings is 1. The van der Waals surface area contributed by atoms with Crippen molar-refractivity contribution >= 4 is 0 Å². The van der Waals surface area contributed by atoms with Gasteiger partial charge in [-0.05, 0) is 12.8 Å². The molecule has 0 amide bonds. The highest BCUT2D eigenvalue weighted by molar-refractivity contribution is 5.21. The maximum atomic E-state index is 10.2. The van der Waals surface area contributed by atoms with Crippen LogP contribution in [0.3, 0.4) is 0 Å². The Hall–Kier alpha value is -0.950. The summed E-state index contributed by atoms with van der Waals surface area (Å²) in [4.78, 5) is 7.09. The maximum Gasteiger partial charge on any atom is 0.111 e. The number of β-amino-alcohol motifs (C(OH)–C–C–N with tert-alkyl or cyclic N) is 1. The lowest BCUT2D eigenvalue weighted by Crippen LogP contribution is -2.39. The fourth-order valence-electron chi connectivity index (χ4n) is 3.74. The third kappa shape index (κ3) is 4.17. The zero-order valence-electron chi connectivity index (χ0n) is 15.2. The van der Waals surface area contributed by atoms with Crippen LogP contribution in [0.1, 0.15) is 49.8 Å². The van der Waals surface area contributed by atoms with Crippen molar-refractivity contribution in [3.05, 3.63) is 17.2 Å². The molecule has 1 aromatic heterocycles. The van der Waals surface area contributed by atoms with E-state index in [1.165, 1.54) is 11.4 Å². The molecule has 3 heterocycles. The zero-order chi connectivity index (χ0) is 17.1. The molecule has 136 valence electrons. The van der Waals surface area contributed by atoms with E-state index in [4.69, 9.17) is 14.5 Å². The molecule has 2 atom stereocenters. The van der Waals surface area contributed by atoms with Gasteiger partial charge in [-0.25, -0.2) is 4.98 Å². The second-order valence-corrected chi connectivity index (χ2v) is 7.39. The van der Waals surface area contributed by atoms with E-state index in [9.17, 15) is 5.11 Å². The molecule has 1 aromatic rings. The van der Waals surface area contributed by atoms with E-state index in [0.717, 1.165) is 44.8 Å². The minimum absolute atomic E-state index is 0.220. The summed E-state index contributed by atoms with van der Waals surface area (Å²) in [5.41, 5.74) is 2.51. The molecular weight excluding hydrogens is 306 g/mol. The summed E-state index contributed by atoms with van der Waals surface area (Å²) in [6.07, 6.45) is 2.95. The van der Waals surface area contributed by atoms with Crippen LogP contribution in [-0.2, 0) is 29.5 Å². The first-order chi connectivity index (χ1) is 11.5. The Morgan fingerprint density at radius 3 is 2.96 bits per heavy atom. The Balaban J connectivity index is 1.45. The van der Waals surface area contributed by atoms with Crippen molar-refractivity contribution in [3.63, 3.8) is 0 Å². The van der Waals surface area contributed by atoms with E-state index in [1.54, 1.807) is 0 Å². The van der Waals surface area contributed by atoms with Gasteiger partial charge in [0.2, 0.25) is 0 Å². The molecule has 6 heteroatoms. The van der Waals surface area contributed by atoms with E-state index >= 15 is 0 Å². The van der Waals surface area contributed by atoms with Gasteiger partial charge in [-0.15, -0.1) is 0 Å². The molecule has 0 saturated carbocycles. The fraction of sp³-hybridized carbons (Fsp3) is 0.833. The van der Waals surface area contributed by atoms with E-state index < -0.39 is 6.10 Å². The number of ether oxygens (including phenoxy) is 2. The summed E-state index contributed by atoms with van der Waals surface area (Å²) in [6, 6.07) is 0. The molecule has 2 aliphatic heterocycles. The molecule has 0 bridgehead atoms. The van der Waals surface area contributed by atoms with Crippen molar-refractivity contribution in [2.75, 3.05) is 32.9 Å². The number of hydrogen-bond acceptors (Lipinski definition) is 5. The largest absolute Gasteiger partial charge is 0.389 e. The fourth-order valence-corrected chi connectivity index (χ4v) is 3.74. The van der Waals surface area contributed by atoms with Crippen molar-refractivity contribution in [1.82, 2.24) is 14.5 Å². The van der Waals surface area contributed by atoms with Gasteiger partial charge >= 0.3 is 0 Å². The predicted octanol–water partition coefficient (Wildman–Crippen LogP) is 1.46. The number of aromatic nitrogens is 2. The van der Waals surface area contributed by atoms with Gasteiger partial charge in [0.1, 0.15) is 5.82 Å². The average Bonchev–Trinajstić information content (AvgIpc) is 3.15. The SMILES string of the molecule is CC(C)c1nc2c(n1C)CCN(C[C@H](O)COC[C@@H]1CCCO1)C2. The quantitative estimate of drug-likeness (QED) is 0.816. The van der Waals surface area contributed by atoms with Crippen LogP contribution in [-0.4, -0.2) is 64.7 Å². The number of hydrogen-bond donors (Lipinski definition) is 1. The molecule has 0 spiro atoms. The normalized spacial score (nSPS) is 23.0. The summed E-state index contributed by atoms with van der Waals surface area (Å²) in [5.74, 6) is 1.59. The summed E-state index contributed by atoms with van der Waals surface area (Å²) in [7, 11) is 2.12. The minimum atomic E-state index is -0.457. The first-order valence-electron chi connectivity index (χ1n) is 9.18. The molecule has 0 aromatic carbocycles. The third-order valence-electron chi connectivity index (χ3n) is 4.99. The van der Waals surface area contributed by atoms with Gasteiger partial charge in [-0.3, -0.25) is 4.90 Å². The second-order valence-electron chi connectivity index (χ2n) is 7.39. The van der Waals surface area contributed by atoms with Crippen LogP contribution in [0.25, 0.3) is 0 Å². The topological polar surface area (TPSA) is 59.8 Å². The van der Waals surface area contributed by atoms with E-state index in [2.05, 4.69) is 30.4 Å². The van der Waals surface area contributed by atoms with Gasteiger partial charge in [0.25, 0.3) is 0 Å². The van der Waals surface area contributed by atoms with Gasteiger partial charge in [0, 0.05) is 51.3 Å². The first-order valence-corrected chi connectivity index (χ1v) is 9.18. The van der Waals surface area contributed by atoms with Gasteiger partial charge in [0.05, 0.1) is 31.1 Å². The van der Waals surface area contributed by atoms with Crippen LogP contribution in [0.5, 0.6) is 0 Å². The van der Waals surface area contributed by atoms with Crippen LogP contribution < -0.4 is 0 Å². The average molecular weight is 337 g/mol. The van der Waals surface area contributed by atoms with Gasteiger partial charge < -0.3 is 19.1 Å². The lowest BCUT2D eigenvalue weighted by Gasteiger charge is -2.28. The van der Waals surface area contributed by atoms with Crippen LogP contribution in [0.2, 0.25) is 0 Å². The Morgan fingerprint density at radius 1 is 1.42 bits per heavy atom. The van der Waals surface area contributed by atoms with Gasteiger partial charge in [-0.1, -0.05) is 13.8 Å². The van der Waals surface area contributed by atoms with Crippen molar-refractivity contribution in [2.24, 2.45) is 7.05 Å². The van der Waals surface area contributed by atoms with E-state index in [1.807, 2.05) is 0 Å². The van der Waals surface area contributed by atoms with Crippen LogP contribution in [0.15, 0.2) is 0 Å². The summed E-state index contributed by atoms with van der Waals surface area (Å²) >= 11 is 0. The number of fused-ring (bicyclic) bond motifs is 1. The van der Waals surface area contributed by atoms with Crippen LogP contribution >= 0.6 is 0 Å². The maximum absolute atomic E-state index is 10.2. The summed E-state index contributed by atoms with van der Waals surface area (Å²) in [6.45, 7) is 8.60. The monoisotopic (exact) mass is 337 g/mol. The Bertz CT molecular complexity index is 538. The molecule has 0 unspecified atom stereocenters. The number of rotatable bonds is 7. The first kappa shape index (κ1) is 17.9. The standard InChI is InChI=1S/C18H31N3O3/c1-13(2)18-19-16-10-21(7-6-17(16)20(18)3)9-14(22)11-23-12-15-5-4-8-24-15/h13-15,22H,4-12H2,1-3H3/t14-,15-/m0/s1. The van der Waals surface area contributed by atoms with Crippen molar-refractivity contribution < 1.29 is 14.6 Å². The molecule has 0 radical (unpaired) electrons.